The van der Waals surface area contributed by atoms with Gasteiger partial charge in [-0.2, -0.15) is 0 Å². The van der Waals surface area contributed by atoms with Gasteiger partial charge in [0.2, 0.25) is 0 Å². The Labute approximate surface area is 351 Å². The van der Waals surface area contributed by atoms with Crippen molar-refractivity contribution in [2.75, 3.05) is 14.7 Å². The molecule has 0 aliphatic carbocycles. The van der Waals surface area contributed by atoms with Crippen molar-refractivity contribution in [3.05, 3.63) is 224 Å². The fourth-order valence-electron chi connectivity index (χ4n) is 8.36. The van der Waals surface area contributed by atoms with Crippen molar-refractivity contribution in [2.45, 2.75) is 0 Å². The molecule has 0 saturated carbocycles. The van der Waals surface area contributed by atoms with Gasteiger partial charge in [0.25, 0.3) is 0 Å². The van der Waals surface area contributed by atoms with E-state index in [1.807, 2.05) is 22.7 Å². The van der Waals surface area contributed by atoms with Crippen LogP contribution in [0.2, 0.25) is 0 Å². The second-order valence-electron chi connectivity index (χ2n) is 14.6. The third kappa shape index (κ3) is 6.38. The van der Waals surface area contributed by atoms with Gasteiger partial charge in [-0.05, 0) is 109 Å². The van der Waals surface area contributed by atoms with E-state index in [0.717, 1.165) is 51.2 Å². The Morgan fingerprint density at radius 2 is 0.661 bits per heavy atom. The highest BCUT2D eigenvalue weighted by atomic mass is 32.1. The van der Waals surface area contributed by atoms with Gasteiger partial charge in [0.05, 0.1) is 5.69 Å². The van der Waals surface area contributed by atoms with Crippen LogP contribution in [0.4, 0.5) is 51.2 Å². The molecule has 11 aromatic rings. The second kappa shape index (κ2) is 15.0. The summed E-state index contributed by atoms with van der Waals surface area (Å²) in [5.41, 5.74) is 10.1. The molecule has 0 fully saturated rings. The average molecular weight is 792 g/mol. The van der Waals surface area contributed by atoms with Crippen LogP contribution in [-0.2, 0) is 0 Å². The lowest BCUT2D eigenvalue weighted by Gasteiger charge is -2.30. The number of hydrogen-bond acceptors (Lipinski definition) is 5. The van der Waals surface area contributed by atoms with E-state index >= 15 is 0 Å². The molecule has 0 radical (unpaired) electrons. The van der Waals surface area contributed by atoms with E-state index in [2.05, 4.69) is 239 Å². The summed E-state index contributed by atoms with van der Waals surface area (Å²) in [5, 5.41) is 5.01. The molecule has 0 saturated heterocycles. The minimum absolute atomic E-state index is 1.10. The molecule has 0 N–H and O–H groups in total. The summed E-state index contributed by atoms with van der Waals surface area (Å²) < 4.78 is 5.04. The number of para-hydroxylation sites is 5. The summed E-state index contributed by atoms with van der Waals surface area (Å²) in [7, 11) is 0. The Hall–Kier alpha value is -7.18. The molecule has 9 aromatic carbocycles. The fraction of sp³-hybridized carbons (Fsp3) is 0. The summed E-state index contributed by atoms with van der Waals surface area (Å²) in [4.78, 5) is 7.17. The zero-order valence-electron chi connectivity index (χ0n) is 32.0. The predicted molar refractivity (Wildman–Crippen MR) is 256 cm³/mol. The maximum Gasteiger partial charge on any atom is 0.0575 e. The molecule has 2 aromatic heterocycles. The molecular weight excluding hydrogens is 755 g/mol. The summed E-state index contributed by atoms with van der Waals surface area (Å²) in [6.45, 7) is 0. The molecule has 0 atom stereocenters. The summed E-state index contributed by atoms with van der Waals surface area (Å²) in [6, 6.07) is 81.0. The zero-order chi connectivity index (χ0) is 39.1. The van der Waals surface area contributed by atoms with E-state index < -0.39 is 0 Å². The van der Waals surface area contributed by atoms with E-state index in [0.29, 0.717) is 0 Å². The van der Waals surface area contributed by atoms with Gasteiger partial charge >= 0.3 is 0 Å². The van der Waals surface area contributed by atoms with Gasteiger partial charge in [-0.25, -0.2) is 0 Å². The first kappa shape index (κ1) is 35.0. The molecule has 0 aliphatic rings. The number of fused-ring (bicyclic) bond motifs is 6. The van der Waals surface area contributed by atoms with Crippen LogP contribution in [0.25, 0.3) is 40.3 Å². The third-order valence-electron chi connectivity index (χ3n) is 11.0. The van der Waals surface area contributed by atoms with Crippen LogP contribution in [0.3, 0.4) is 0 Å². The lowest BCUT2D eigenvalue weighted by molar-refractivity contribution is 1.27. The van der Waals surface area contributed by atoms with Crippen LogP contribution >= 0.6 is 22.7 Å². The lowest BCUT2D eigenvalue weighted by atomic mass is 10.0. The Morgan fingerprint density at radius 3 is 1.24 bits per heavy atom. The van der Waals surface area contributed by atoms with Crippen molar-refractivity contribution >= 4 is 114 Å². The van der Waals surface area contributed by atoms with Crippen LogP contribution in [0.15, 0.2) is 224 Å². The van der Waals surface area contributed by atoms with Gasteiger partial charge in [-0.15, -0.1) is 22.7 Å². The number of rotatable bonds is 9. The van der Waals surface area contributed by atoms with Crippen molar-refractivity contribution in [3.8, 4) is 0 Å². The smallest absolute Gasteiger partial charge is 0.0575 e. The summed E-state index contributed by atoms with van der Waals surface area (Å²) >= 11 is 3.71. The molecule has 0 bridgehead atoms. The van der Waals surface area contributed by atoms with Gasteiger partial charge < -0.3 is 14.7 Å². The molecule has 0 unspecified atom stereocenters. The number of nitrogens with zero attached hydrogens (tertiary/aromatic N) is 3. The number of thiophene rings is 2. The van der Waals surface area contributed by atoms with Crippen molar-refractivity contribution in [1.29, 1.82) is 0 Å². The molecule has 0 aliphatic heterocycles. The first-order valence-electron chi connectivity index (χ1n) is 19.8. The van der Waals surface area contributed by atoms with Crippen molar-refractivity contribution in [2.24, 2.45) is 0 Å². The quantitative estimate of drug-likeness (QED) is 0.144. The first-order valence-corrected chi connectivity index (χ1v) is 21.5. The highest BCUT2D eigenvalue weighted by Crippen LogP contribution is 2.50. The zero-order valence-corrected chi connectivity index (χ0v) is 33.7. The van der Waals surface area contributed by atoms with E-state index in [9.17, 15) is 0 Å². The number of anilines is 9. The Balaban J connectivity index is 1.12. The van der Waals surface area contributed by atoms with E-state index in [4.69, 9.17) is 0 Å². The molecule has 11 rings (SSSR count). The van der Waals surface area contributed by atoms with E-state index in [1.54, 1.807) is 0 Å². The van der Waals surface area contributed by atoms with Gasteiger partial charge in [-0.3, -0.25) is 0 Å². The number of hydrogen-bond donors (Lipinski definition) is 0. The number of benzene rings is 9. The minimum Gasteiger partial charge on any atom is -0.310 e. The summed E-state index contributed by atoms with van der Waals surface area (Å²) in [5.74, 6) is 0. The van der Waals surface area contributed by atoms with Gasteiger partial charge in [0.15, 0.2) is 0 Å². The molecular formula is C54H37N3S2. The monoisotopic (exact) mass is 791 g/mol. The molecule has 3 nitrogen and oxygen atoms in total. The predicted octanol–water partition coefficient (Wildman–Crippen LogP) is 16.8. The summed E-state index contributed by atoms with van der Waals surface area (Å²) in [6.07, 6.45) is 0. The van der Waals surface area contributed by atoms with Crippen molar-refractivity contribution in [3.63, 3.8) is 0 Å². The second-order valence-corrected chi connectivity index (χ2v) is 16.8. The van der Waals surface area contributed by atoms with E-state index in [-0.39, 0.29) is 0 Å². The van der Waals surface area contributed by atoms with Crippen molar-refractivity contribution < 1.29 is 0 Å². The Morgan fingerprint density at radius 1 is 0.237 bits per heavy atom. The molecule has 280 valence electrons. The van der Waals surface area contributed by atoms with Crippen LogP contribution in [0.1, 0.15) is 0 Å². The SMILES string of the molecule is c1ccc(N(c2ccccc2)c2ccc3c(c2)sc2ccc(N(c4ccccc4)c4cc(N(c5ccccc5)c5ccccc5)cc5sc6ccccc6c45)cc23)cc1. The van der Waals surface area contributed by atoms with Gasteiger partial charge in [-0.1, -0.05) is 115 Å². The Bertz CT molecular complexity index is 3140. The standard InChI is InChI=1S/C54H37N3S2/c1-6-18-38(19-7-1)55(39-20-8-2-9-21-39)44-30-32-46-48-34-43(31-33-51(48)58-52(46)36-44)57(42-26-14-5-15-27-42)49-35-45(37-53-54(49)47-28-16-17-29-50(47)59-53)56(40-22-10-3-11-23-40)41-24-12-4-13-25-41/h1-37H. The molecule has 59 heavy (non-hydrogen) atoms. The lowest BCUT2D eigenvalue weighted by Crippen LogP contribution is -2.13. The molecule has 5 heteroatoms. The maximum absolute atomic E-state index is 2.46. The molecule has 2 heterocycles. The van der Waals surface area contributed by atoms with Crippen LogP contribution in [-0.4, -0.2) is 0 Å². The minimum atomic E-state index is 1.10. The molecule has 0 amide bonds. The first-order chi connectivity index (χ1) is 29.3. The van der Waals surface area contributed by atoms with Gasteiger partial charge in [0.1, 0.15) is 0 Å². The van der Waals surface area contributed by atoms with Gasteiger partial charge in [0, 0.05) is 85.8 Å². The van der Waals surface area contributed by atoms with E-state index in [1.165, 1.54) is 40.3 Å². The average Bonchev–Trinajstić information content (AvgIpc) is 3.86. The Kier molecular flexibility index (Phi) is 8.88. The largest absolute Gasteiger partial charge is 0.310 e. The fourth-order valence-corrected chi connectivity index (χ4v) is 10.6. The maximum atomic E-state index is 2.46. The van der Waals surface area contributed by atoms with Crippen LogP contribution in [0, 0.1) is 0 Å². The third-order valence-corrected chi connectivity index (χ3v) is 13.2. The topological polar surface area (TPSA) is 9.72 Å². The van der Waals surface area contributed by atoms with Crippen LogP contribution < -0.4 is 14.7 Å². The highest BCUT2D eigenvalue weighted by molar-refractivity contribution is 7.26. The molecule has 0 spiro atoms. The normalized spacial score (nSPS) is 11.4. The highest BCUT2D eigenvalue weighted by Gasteiger charge is 2.23. The van der Waals surface area contributed by atoms with Crippen molar-refractivity contribution in [1.82, 2.24) is 0 Å². The van der Waals surface area contributed by atoms with Crippen LogP contribution in [0.5, 0.6) is 0 Å².